The molecule has 0 saturated carbocycles. The summed E-state index contributed by atoms with van der Waals surface area (Å²) in [6, 6.07) is 3.61. The molecule has 2 aromatic rings. The van der Waals surface area contributed by atoms with Crippen molar-refractivity contribution in [2.75, 3.05) is 12.4 Å². The third-order valence-electron chi connectivity index (χ3n) is 2.82. The molecule has 0 bridgehead atoms. The second kappa shape index (κ2) is 6.10. The molecule has 0 aliphatic heterocycles. The lowest BCUT2D eigenvalue weighted by Crippen LogP contribution is -2.24. The molecular weight excluding hydrogens is 254 g/mol. The van der Waals surface area contributed by atoms with E-state index < -0.39 is 0 Å². The maximum Gasteiger partial charge on any atom is 0.255 e. The smallest absolute Gasteiger partial charge is 0.255 e. The lowest BCUT2D eigenvalue weighted by Gasteiger charge is -2.10. The number of pyridine rings is 1. The minimum atomic E-state index is -0.182. The van der Waals surface area contributed by atoms with Crippen molar-refractivity contribution in [1.29, 1.82) is 0 Å². The van der Waals surface area contributed by atoms with Crippen LogP contribution in [0.25, 0.3) is 0 Å². The summed E-state index contributed by atoms with van der Waals surface area (Å²) in [5, 5.41) is 5.83. The lowest BCUT2D eigenvalue weighted by molar-refractivity contribution is 0.0951. The fourth-order valence-electron chi connectivity index (χ4n) is 1.82. The molecule has 0 atom stereocenters. The van der Waals surface area contributed by atoms with Crippen molar-refractivity contribution in [3.05, 3.63) is 47.3 Å². The average Bonchev–Trinajstić information content (AvgIpc) is 2.44. The van der Waals surface area contributed by atoms with Crippen LogP contribution in [-0.2, 0) is 6.54 Å². The van der Waals surface area contributed by atoms with E-state index in [-0.39, 0.29) is 5.91 Å². The highest BCUT2D eigenvalue weighted by Gasteiger charge is 2.11. The Kier molecular flexibility index (Phi) is 4.24. The highest BCUT2D eigenvalue weighted by molar-refractivity contribution is 5.99. The predicted octanol–water partition coefficient (Wildman–Crippen LogP) is 1.46. The van der Waals surface area contributed by atoms with Crippen molar-refractivity contribution in [3.8, 4) is 0 Å². The van der Waals surface area contributed by atoms with Crippen LogP contribution >= 0.6 is 0 Å². The molecule has 0 fully saturated rings. The van der Waals surface area contributed by atoms with Gasteiger partial charge in [-0.1, -0.05) is 0 Å². The summed E-state index contributed by atoms with van der Waals surface area (Å²) in [7, 11) is 1.78. The van der Waals surface area contributed by atoms with Crippen LogP contribution in [0.2, 0.25) is 0 Å². The van der Waals surface area contributed by atoms with Crippen molar-refractivity contribution in [2.24, 2.45) is 0 Å². The van der Waals surface area contributed by atoms with Crippen LogP contribution in [-0.4, -0.2) is 27.9 Å². The Balaban J connectivity index is 2.09. The third-order valence-corrected chi connectivity index (χ3v) is 2.82. The van der Waals surface area contributed by atoms with Crippen molar-refractivity contribution >= 4 is 11.6 Å². The first kappa shape index (κ1) is 13.9. The maximum absolute atomic E-state index is 12.2. The fourth-order valence-corrected chi connectivity index (χ4v) is 1.82. The minimum Gasteiger partial charge on any atom is -0.387 e. The summed E-state index contributed by atoms with van der Waals surface area (Å²) >= 11 is 0. The zero-order valence-electron chi connectivity index (χ0n) is 11.8. The number of amides is 1. The van der Waals surface area contributed by atoms with Gasteiger partial charge in [0.05, 0.1) is 23.5 Å². The van der Waals surface area contributed by atoms with Crippen LogP contribution < -0.4 is 10.6 Å². The summed E-state index contributed by atoms with van der Waals surface area (Å²) in [5.74, 6) is 0.503. The van der Waals surface area contributed by atoms with E-state index >= 15 is 0 Å². The molecule has 2 aromatic heterocycles. The number of nitrogens with one attached hydrogen (secondary N) is 2. The van der Waals surface area contributed by atoms with Gasteiger partial charge in [-0.05, 0) is 26.0 Å². The van der Waals surface area contributed by atoms with Crippen molar-refractivity contribution in [2.45, 2.75) is 20.4 Å². The molecule has 0 aliphatic carbocycles. The number of carbonyl (C=O) groups is 1. The molecule has 2 heterocycles. The Morgan fingerprint density at radius 1 is 1.30 bits per heavy atom. The van der Waals surface area contributed by atoms with E-state index in [0.29, 0.717) is 17.9 Å². The summed E-state index contributed by atoms with van der Waals surface area (Å²) < 4.78 is 0. The van der Waals surface area contributed by atoms with Crippen LogP contribution in [0.15, 0.2) is 24.5 Å². The Morgan fingerprint density at radius 3 is 2.80 bits per heavy atom. The van der Waals surface area contributed by atoms with Crippen LogP contribution in [0, 0.1) is 13.8 Å². The van der Waals surface area contributed by atoms with Gasteiger partial charge in [0.25, 0.3) is 5.91 Å². The molecule has 6 heteroatoms. The van der Waals surface area contributed by atoms with Gasteiger partial charge < -0.3 is 10.6 Å². The van der Waals surface area contributed by atoms with Gasteiger partial charge in [-0.25, -0.2) is 9.97 Å². The quantitative estimate of drug-likeness (QED) is 0.880. The number of aryl methyl sites for hydroxylation is 2. The standard InChI is InChI=1S/C14H17N5O/c1-9-6-13(15-3)12(8-17-9)14(20)18-7-11-4-5-16-10(2)19-11/h4-6,8H,7H2,1-3H3,(H,15,17)(H,18,20). The molecule has 6 nitrogen and oxygen atoms in total. The number of hydrogen-bond acceptors (Lipinski definition) is 5. The number of hydrogen-bond donors (Lipinski definition) is 2. The van der Waals surface area contributed by atoms with Gasteiger partial charge in [0.1, 0.15) is 5.82 Å². The van der Waals surface area contributed by atoms with E-state index in [1.165, 1.54) is 0 Å². The van der Waals surface area contributed by atoms with E-state index in [0.717, 1.165) is 17.1 Å². The first-order chi connectivity index (χ1) is 9.60. The zero-order valence-corrected chi connectivity index (χ0v) is 11.8. The molecule has 104 valence electrons. The van der Waals surface area contributed by atoms with Gasteiger partial charge in [-0.3, -0.25) is 9.78 Å². The molecule has 0 saturated heterocycles. The van der Waals surface area contributed by atoms with E-state index in [9.17, 15) is 4.79 Å². The van der Waals surface area contributed by atoms with Crippen molar-refractivity contribution in [3.63, 3.8) is 0 Å². The lowest BCUT2D eigenvalue weighted by atomic mass is 10.2. The highest BCUT2D eigenvalue weighted by Crippen LogP contribution is 2.14. The van der Waals surface area contributed by atoms with Gasteiger partial charge in [-0.15, -0.1) is 0 Å². The molecule has 0 radical (unpaired) electrons. The normalized spacial score (nSPS) is 10.2. The fraction of sp³-hybridized carbons (Fsp3) is 0.286. The number of aromatic nitrogens is 3. The number of anilines is 1. The van der Waals surface area contributed by atoms with Crippen LogP contribution in [0.3, 0.4) is 0 Å². The largest absolute Gasteiger partial charge is 0.387 e. The summed E-state index contributed by atoms with van der Waals surface area (Å²) in [6.07, 6.45) is 3.25. The molecule has 0 aliphatic rings. The van der Waals surface area contributed by atoms with Crippen molar-refractivity contribution in [1.82, 2.24) is 20.3 Å². The first-order valence-electron chi connectivity index (χ1n) is 6.31. The number of rotatable bonds is 4. The van der Waals surface area contributed by atoms with Gasteiger partial charge in [-0.2, -0.15) is 0 Å². The second-order valence-corrected chi connectivity index (χ2v) is 4.40. The Hall–Kier alpha value is -2.50. The Morgan fingerprint density at radius 2 is 2.10 bits per heavy atom. The molecule has 0 unspecified atom stereocenters. The van der Waals surface area contributed by atoms with Gasteiger partial charge >= 0.3 is 0 Å². The number of carbonyl (C=O) groups excluding carboxylic acids is 1. The van der Waals surface area contributed by atoms with Crippen molar-refractivity contribution < 1.29 is 4.79 Å². The third kappa shape index (κ3) is 3.28. The molecule has 2 rings (SSSR count). The Bertz CT molecular complexity index is 627. The summed E-state index contributed by atoms with van der Waals surface area (Å²) in [6.45, 7) is 4.06. The van der Waals surface area contributed by atoms with Gasteiger partial charge in [0.2, 0.25) is 0 Å². The molecule has 0 spiro atoms. The van der Waals surface area contributed by atoms with E-state index in [1.54, 1.807) is 25.5 Å². The van der Waals surface area contributed by atoms with Gasteiger partial charge in [0, 0.05) is 25.1 Å². The monoisotopic (exact) mass is 271 g/mol. The minimum absolute atomic E-state index is 0.182. The summed E-state index contributed by atoms with van der Waals surface area (Å²) in [5.41, 5.74) is 2.91. The molecular formula is C14H17N5O. The van der Waals surface area contributed by atoms with Crippen LogP contribution in [0.5, 0.6) is 0 Å². The van der Waals surface area contributed by atoms with E-state index in [1.807, 2.05) is 19.9 Å². The van der Waals surface area contributed by atoms with E-state index in [2.05, 4.69) is 25.6 Å². The van der Waals surface area contributed by atoms with Crippen LogP contribution in [0.4, 0.5) is 5.69 Å². The predicted molar refractivity (Wildman–Crippen MR) is 76.5 cm³/mol. The zero-order chi connectivity index (χ0) is 14.5. The molecule has 1 amide bonds. The Labute approximate surface area is 117 Å². The first-order valence-corrected chi connectivity index (χ1v) is 6.31. The van der Waals surface area contributed by atoms with Gasteiger partial charge in [0.15, 0.2) is 0 Å². The SMILES string of the molecule is CNc1cc(C)ncc1C(=O)NCc1ccnc(C)n1. The van der Waals surface area contributed by atoms with Crippen LogP contribution in [0.1, 0.15) is 27.6 Å². The second-order valence-electron chi connectivity index (χ2n) is 4.40. The highest BCUT2D eigenvalue weighted by atomic mass is 16.1. The molecule has 20 heavy (non-hydrogen) atoms. The van der Waals surface area contributed by atoms with E-state index in [4.69, 9.17) is 0 Å². The topological polar surface area (TPSA) is 79.8 Å². The number of nitrogens with zero attached hydrogens (tertiary/aromatic N) is 3. The summed E-state index contributed by atoms with van der Waals surface area (Å²) in [4.78, 5) is 24.6. The maximum atomic E-state index is 12.2. The molecule has 2 N–H and O–H groups in total. The average molecular weight is 271 g/mol. The molecule has 0 aromatic carbocycles.